The third-order valence-corrected chi connectivity index (χ3v) is 5.38. The first-order valence-corrected chi connectivity index (χ1v) is 9.52. The van der Waals surface area contributed by atoms with Crippen LogP contribution >= 0.6 is 0 Å². The number of rotatable bonds is 6. The average molecular weight is 360 g/mol. The van der Waals surface area contributed by atoms with E-state index in [9.17, 15) is 9.90 Å². The maximum absolute atomic E-state index is 11.5. The summed E-state index contributed by atoms with van der Waals surface area (Å²) in [5, 5.41) is 13.9. The molecule has 4 nitrogen and oxygen atoms in total. The highest BCUT2D eigenvalue weighted by Crippen LogP contribution is 2.27. The number of hydrogen-bond donors (Lipinski definition) is 3. The Morgan fingerprint density at radius 3 is 2.78 bits per heavy atom. The molecule has 0 spiro atoms. The number of carboxylic acid groups (broad SMARTS) is 1. The van der Waals surface area contributed by atoms with Crippen LogP contribution in [0.4, 0.5) is 0 Å². The topological polar surface area (TPSA) is 65.1 Å². The van der Waals surface area contributed by atoms with Gasteiger partial charge in [0.2, 0.25) is 0 Å². The Labute approximate surface area is 158 Å². The summed E-state index contributed by atoms with van der Waals surface area (Å²) in [5.41, 5.74) is 5.10. The second-order valence-corrected chi connectivity index (χ2v) is 7.14. The summed E-state index contributed by atoms with van der Waals surface area (Å²) in [5.74, 6) is -0.868. The summed E-state index contributed by atoms with van der Waals surface area (Å²) in [6.07, 6.45) is 8.27. The van der Waals surface area contributed by atoms with Crippen molar-refractivity contribution in [2.24, 2.45) is 0 Å². The fraction of sp³-hybridized carbons (Fsp3) is 0.261. The Morgan fingerprint density at radius 1 is 1.11 bits per heavy atom. The largest absolute Gasteiger partial charge is 0.478 e. The number of aromatic amines is 1. The molecule has 0 saturated heterocycles. The van der Waals surface area contributed by atoms with Crippen molar-refractivity contribution >= 4 is 22.4 Å². The lowest BCUT2D eigenvalue weighted by molar-refractivity contribution is 0.0699. The van der Waals surface area contributed by atoms with Crippen molar-refractivity contribution in [2.75, 3.05) is 6.54 Å². The molecule has 27 heavy (non-hydrogen) atoms. The molecular weight excluding hydrogens is 336 g/mol. The number of benzene rings is 2. The van der Waals surface area contributed by atoms with Crippen LogP contribution in [0, 0.1) is 0 Å². The number of H-pyrrole nitrogens is 1. The first-order chi connectivity index (χ1) is 13.2. The van der Waals surface area contributed by atoms with Crippen LogP contribution in [0.2, 0.25) is 0 Å². The monoisotopic (exact) mass is 360 g/mol. The zero-order chi connectivity index (χ0) is 18.6. The normalized spacial score (nSPS) is 17.0. The van der Waals surface area contributed by atoms with Crippen LogP contribution in [0.15, 0.2) is 60.8 Å². The molecule has 138 valence electrons. The number of fused-ring (bicyclic) bond motifs is 1. The van der Waals surface area contributed by atoms with E-state index in [0.29, 0.717) is 11.6 Å². The highest BCUT2D eigenvalue weighted by molar-refractivity contribution is 6.04. The van der Waals surface area contributed by atoms with Gasteiger partial charge in [-0.05, 0) is 54.5 Å². The van der Waals surface area contributed by atoms with E-state index in [4.69, 9.17) is 0 Å². The molecule has 0 aliphatic carbocycles. The summed E-state index contributed by atoms with van der Waals surface area (Å²) in [6.45, 7) is 0.908. The highest BCUT2D eigenvalue weighted by Gasteiger charge is 2.17. The smallest absolute Gasteiger partial charge is 0.336 e. The van der Waals surface area contributed by atoms with Crippen molar-refractivity contribution in [3.63, 3.8) is 0 Å². The Hall–Kier alpha value is -2.85. The van der Waals surface area contributed by atoms with Crippen molar-refractivity contribution in [1.29, 1.82) is 0 Å². The van der Waals surface area contributed by atoms with E-state index in [1.807, 2.05) is 12.3 Å². The van der Waals surface area contributed by atoms with Crippen LogP contribution in [-0.2, 0) is 6.42 Å². The summed E-state index contributed by atoms with van der Waals surface area (Å²) in [7, 11) is 0. The number of aromatic nitrogens is 1. The fourth-order valence-corrected chi connectivity index (χ4v) is 4.03. The molecule has 1 unspecified atom stereocenters. The minimum absolute atomic E-state index is 0.383. The molecule has 1 aliphatic rings. The number of carboxylic acids is 1. The molecule has 2 heterocycles. The van der Waals surface area contributed by atoms with E-state index >= 15 is 0 Å². The molecular formula is C23H24N2O2. The van der Waals surface area contributed by atoms with Crippen LogP contribution in [0.3, 0.4) is 0 Å². The molecule has 0 radical (unpaired) electrons. The molecule has 0 bridgehead atoms. The third-order valence-electron chi connectivity index (χ3n) is 5.38. The highest BCUT2D eigenvalue weighted by atomic mass is 16.4. The SMILES string of the molecule is O=C(O)c1cccc2[nH]cc(CCCC3CC(c4ccccc4)=CCN3)c12. The Morgan fingerprint density at radius 2 is 1.96 bits per heavy atom. The van der Waals surface area contributed by atoms with Crippen LogP contribution in [-0.4, -0.2) is 28.6 Å². The van der Waals surface area contributed by atoms with Crippen LogP contribution < -0.4 is 5.32 Å². The van der Waals surface area contributed by atoms with Crippen LogP contribution in [0.25, 0.3) is 16.5 Å². The lowest BCUT2D eigenvalue weighted by atomic mass is 9.92. The van der Waals surface area contributed by atoms with Crippen molar-refractivity contribution in [3.05, 3.63) is 77.5 Å². The van der Waals surface area contributed by atoms with Crippen molar-refractivity contribution in [1.82, 2.24) is 10.3 Å². The summed E-state index contributed by atoms with van der Waals surface area (Å²) in [6, 6.07) is 16.4. The van der Waals surface area contributed by atoms with Gasteiger partial charge in [0.25, 0.3) is 0 Å². The van der Waals surface area contributed by atoms with Gasteiger partial charge < -0.3 is 15.4 Å². The second-order valence-electron chi connectivity index (χ2n) is 7.14. The summed E-state index contributed by atoms with van der Waals surface area (Å²) >= 11 is 0. The molecule has 3 aromatic rings. The molecule has 0 saturated carbocycles. The Balaban J connectivity index is 1.40. The zero-order valence-electron chi connectivity index (χ0n) is 15.2. The summed E-state index contributed by atoms with van der Waals surface area (Å²) in [4.78, 5) is 14.7. The molecule has 4 heteroatoms. The fourth-order valence-electron chi connectivity index (χ4n) is 4.03. The van der Waals surface area contributed by atoms with Gasteiger partial charge in [-0.15, -0.1) is 0 Å². The molecule has 0 fully saturated rings. The van der Waals surface area contributed by atoms with Gasteiger partial charge in [-0.3, -0.25) is 0 Å². The van der Waals surface area contributed by atoms with Crippen molar-refractivity contribution in [2.45, 2.75) is 31.7 Å². The van der Waals surface area contributed by atoms with Gasteiger partial charge in [0.15, 0.2) is 0 Å². The minimum atomic E-state index is -0.868. The molecule has 0 amide bonds. The van der Waals surface area contributed by atoms with Gasteiger partial charge in [-0.1, -0.05) is 42.5 Å². The van der Waals surface area contributed by atoms with E-state index in [1.54, 1.807) is 12.1 Å². The lowest BCUT2D eigenvalue weighted by Gasteiger charge is -2.24. The van der Waals surface area contributed by atoms with Gasteiger partial charge in [-0.25, -0.2) is 4.79 Å². The standard InChI is InChI=1S/C23H24N2O2/c26-23(27)20-10-5-11-21-22(20)18(15-25-21)8-4-9-19-14-17(12-13-24-19)16-6-2-1-3-7-16/h1-3,5-7,10-12,15,19,24-25H,4,8-9,13-14H2,(H,26,27). The van der Waals surface area contributed by atoms with Crippen LogP contribution in [0.5, 0.6) is 0 Å². The predicted octanol–water partition coefficient (Wildman–Crippen LogP) is 4.63. The van der Waals surface area contributed by atoms with Gasteiger partial charge in [-0.2, -0.15) is 0 Å². The predicted molar refractivity (Wildman–Crippen MR) is 109 cm³/mol. The van der Waals surface area contributed by atoms with E-state index in [-0.39, 0.29) is 0 Å². The molecule has 2 aromatic carbocycles. The molecule has 1 atom stereocenters. The summed E-state index contributed by atoms with van der Waals surface area (Å²) < 4.78 is 0. The Bertz CT molecular complexity index is 972. The number of aryl methyl sites for hydroxylation is 1. The second kappa shape index (κ2) is 7.80. The van der Waals surface area contributed by atoms with E-state index in [1.165, 1.54) is 11.1 Å². The van der Waals surface area contributed by atoms with Crippen molar-refractivity contribution in [3.8, 4) is 0 Å². The third kappa shape index (κ3) is 3.81. The lowest BCUT2D eigenvalue weighted by Crippen LogP contribution is -2.32. The van der Waals surface area contributed by atoms with E-state index < -0.39 is 5.97 Å². The molecule has 4 rings (SSSR count). The average Bonchev–Trinajstić information content (AvgIpc) is 3.12. The first kappa shape index (κ1) is 17.6. The van der Waals surface area contributed by atoms with Gasteiger partial charge in [0.1, 0.15) is 0 Å². The van der Waals surface area contributed by atoms with Crippen molar-refractivity contribution < 1.29 is 9.90 Å². The maximum Gasteiger partial charge on any atom is 0.336 e. The first-order valence-electron chi connectivity index (χ1n) is 9.52. The number of carbonyl (C=O) groups is 1. The quantitative estimate of drug-likeness (QED) is 0.600. The number of aromatic carboxylic acids is 1. The van der Waals surface area contributed by atoms with E-state index in [2.05, 4.69) is 46.7 Å². The molecule has 3 N–H and O–H groups in total. The van der Waals surface area contributed by atoms with Crippen LogP contribution in [0.1, 0.15) is 40.7 Å². The minimum Gasteiger partial charge on any atom is -0.478 e. The van der Waals surface area contributed by atoms with Gasteiger partial charge in [0.05, 0.1) is 5.56 Å². The molecule has 1 aliphatic heterocycles. The number of nitrogens with one attached hydrogen (secondary N) is 2. The van der Waals surface area contributed by atoms with Gasteiger partial charge in [0, 0.05) is 29.7 Å². The van der Waals surface area contributed by atoms with E-state index in [0.717, 1.165) is 48.7 Å². The van der Waals surface area contributed by atoms with Gasteiger partial charge >= 0.3 is 5.97 Å². The zero-order valence-corrected chi connectivity index (χ0v) is 15.2. The Kier molecular flexibility index (Phi) is 5.07. The maximum atomic E-state index is 11.5. The molecule has 1 aromatic heterocycles. The number of hydrogen-bond acceptors (Lipinski definition) is 2.